The molecule has 2 aromatic heterocycles. The Morgan fingerprint density at radius 2 is 2.44 bits per heavy atom. The highest BCUT2D eigenvalue weighted by Crippen LogP contribution is 2.04. The highest BCUT2D eigenvalue weighted by atomic mass is 16.3. The third kappa shape index (κ3) is 3.07. The van der Waals surface area contributed by atoms with Gasteiger partial charge >= 0.3 is 0 Å². The summed E-state index contributed by atoms with van der Waals surface area (Å²) < 4.78 is 5.10. The van der Waals surface area contributed by atoms with Crippen LogP contribution < -0.4 is 0 Å². The number of likely N-dealkylation sites (N-methyl/N-ethyl adjacent to an activating group) is 1. The van der Waals surface area contributed by atoms with E-state index in [0.29, 0.717) is 18.1 Å². The lowest BCUT2D eigenvalue weighted by atomic mass is 10.3. The summed E-state index contributed by atoms with van der Waals surface area (Å²) in [5.74, 6) is 1.84. The highest BCUT2D eigenvalue weighted by molar-refractivity contribution is 5.91. The fraction of sp³-hybridized carbons (Fsp3) is 0.250. The number of carbonyl (C=O) groups is 1. The predicted octanol–water partition coefficient (Wildman–Crippen LogP) is 1.38. The van der Waals surface area contributed by atoms with Gasteiger partial charge in [0.15, 0.2) is 5.82 Å². The maximum atomic E-state index is 11.8. The van der Waals surface area contributed by atoms with Gasteiger partial charge in [-0.3, -0.25) is 9.89 Å². The summed E-state index contributed by atoms with van der Waals surface area (Å²) in [6.45, 7) is 2.18. The molecule has 2 heterocycles. The van der Waals surface area contributed by atoms with E-state index < -0.39 is 0 Å². The number of amides is 1. The highest BCUT2D eigenvalue weighted by Gasteiger charge is 2.08. The molecule has 0 saturated heterocycles. The van der Waals surface area contributed by atoms with E-state index in [1.165, 1.54) is 11.0 Å². The van der Waals surface area contributed by atoms with Crippen LogP contribution in [0.25, 0.3) is 6.08 Å². The predicted molar refractivity (Wildman–Crippen MR) is 65.3 cm³/mol. The van der Waals surface area contributed by atoms with Crippen LogP contribution in [-0.2, 0) is 11.3 Å². The molecule has 0 bridgehead atoms. The number of nitrogens with zero attached hydrogens (tertiary/aromatic N) is 3. The average molecular weight is 246 g/mol. The van der Waals surface area contributed by atoms with E-state index in [9.17, 15) is 4.79 Å². The number of furan rings is 1. The zero-order chi connectivity index (χ0) is 13.0. The maximum Gasteiger partial charge on any atom is 0.246 e. The van der Waals surface area contributed by atoms with E-state index in [0.717, 1.165) is 5.82 Å². The van der Waals surface area contributed by atoms with Crippen LogP contribution >= 0.6 is 0 Å². The number of H-pyrrole nitrogens is 1. The Kier molecular flexibility index (Phi) is 3.57. The van der Waals surface area contributed by atoms with Gasteiger partial charge in [0.25, 0.3) is 0 Å². The van der Waals surface area contributed by atoms with Crippen molar-refractivity contribution in [2.75, 3.05) is 7.05 Å². The monoisotopic (exact) mass is 246 g/mol. The fourth-order valence-corrected chi connectivity index (χ4v) is 1.42. The molecule has 0 aliphatic carbocycles. The number of nitrogens with one attached hydrogen (secondary N) is 1. The van der Waals surface area contributed by atoms with Gasteiger partial charge in [-0.15, -0.1) is 0 Å². The summed E-state index contributed by atoms with van der Waals surface area (Å²) in [6.07, 6.45) is 4.64. The van der Waals surface area contributed by atoms with Crippen molar-refractivity contribution in [1.82, 2.24) is 20.1 Å². The topological polar surface area (TPSA) is 75.0 Å². The molecule has 0 aliphatic rings. The molecule has 6 nitrogen and oxygen atoms in total. The minimum Gasteiger partial charge on any atom is -0.465 e. The number of hydrogen-bond acceptors (Lipinski definition) is 4. The molecule has 0 aliphatic heterocycles. The Hall–Kier alpha value is -2.37. The van der Waals surface area contributed by atoms with E-state index in [1.807, 2.05) is 6.92 Å². The van der Waals surface area contributed by atoms with Gasteiger partial charge in [-0.25, -0.2) is 4.98 Å². The van der Waals surface area contributed by atoms with Gasteiger partial charge in [0, 0.05) is 13.1 Å². The molecule has 0 aromatic carbocycles. The SMILES string of the molecule is Cc1nc(CN(C)C(=O)C=Cc2ccco2)n[nH]1. The molecular weight excluding hydrogens is 232 g/mol. The normalized spacial score (nSPS) is 11.0. The zero-order valence-electron chi connectivity index (χ0n) is 10.3. The van der Waals surface area contributed by atoms with Crippen molar-refractivity contribution >= 4 is 12.0 Å². The molecule has 2 rings (SSSR count). The lowest BCUT2D eigenvalue weighted by Gasteiger charge is -2.11. The molecule has 0 fully saturated rings. The van der Waals surface area contributed by atoms with Gasteiger partial charge in [0.05, 0.1) is 12.8 Å². The standard InChI is InChI=1S/C12H14N4O2/c1-9-13-11(15-14-9)8-16(2)12(17)6-5-10-4-3-7-18-10/h3-7H,8H2,1-2H3,(H,13,14,15). The van der Waals surface area contributed by atoms with Crippen LogP contribution in [0, 0.1) is 6.92 Å². The molecule has 0 atom stereocenters. The summed E-state index contributed by atoms with van der Waals surface area (Å²) in [6, 6.07) is 3.55. The molecular formula is C12H14N4O2. The van der Waals surface area contributed by atoms with E-state index in [-0.39, 0.29) is 5.91 Å². The van der Waals surface area contributed by atoms with Crippen LogP contribution in [0.3, 0.4) is 0 Å². The van der Waals surface area contributed by atoms with E-state index in [1.54, 1.807) is 31.5 Å². The molecule has 2 aromatic rings. The summed E-state index contributed by atoms with van der Waals surface area (Å²) in [4.78, 5) is 17.5. The first kappa shape index (κ1) is 12.1. The second-order valence-corrected chi connectivity index (χ2v) is 3.88. The molecule has 6 heteroatoms. The van der Waals surface area contributed by atoms with Crippen LogP contribution in [0.1, 0.15) is 17.4 Å². The Labute approximate surface area is 104 Å². The second-order valence-electron chi connectivity index (χ2n) is 3.88. The first-order valence-electron chi connectivity index (χ1n) is 5.50. The van der Waals surface area contributed by atoms with Crippen molar-refractivity contribution in [3.8, 4) is 0 Å². The van der Waals surface area contributed by atoms with Crippen molar-refractivity contribution in [1.29, 1.82) is 0 Å². The summed E-state index contributed by atoms with van der Waals surface area (Å²) >= 11 is 0. The van der Waals surface area contributed by atoms with Crippen molar-refractivity contribution in [3.05, 3.63) is 41.9 Å². The molecule has 94 valence electrons. The molecule has 0 unspecified atom stereocenters. The van der Waals surface area contributed by atoms with Gasteiger partial charge < -0.3 is 9.32 Å². The maximum absolute atomic E-state index is 11.8. The van der Waals surface area contributed by atoms with Crippen LogP contribution in [-0.4, -0.2) is 33.0 Å². The van der Waals surface area contributed by atoms with Crippen molar-refractivity contribution in [3.63, 3.8) is 0 Å². The number of aromatic amines is 1. The Morgan fingerprint density at radius 3 is 3.06 bits per heavy atom. The first-order valence-corrected chi connectivity index (χ1v) is 5.50. The smallest absolute Gasteiger partial charge is 0.246 e. The van der Waals surface area contributed by atoms with E-state index in [4.69, 9.17) is 4.42 Å². The Balaban J connectivity index is 1.92. The molecule has 1 N–H and O–H groups in total. The third-order valence-corrected chi connectivity index (χ3v) is 2.33. The first-order chi connectivity index (χ1) is 8.65. The lowest BCUT2D eigenvalue weighted by molar-refractivity contribution is -0.125. The zero-order valence-corrected chi connectivity index (χ0v) is 10.3. The summed E-state index contributed by atoms with van der Waals surface area (Å²) in [5.41, 5.74) is 0. The lowest BCUT2D eigenvalue weighted by Crippen LogP contribution is -2.24. The van der Waals surface area contributed by atoms with Crippen molar-refractivity contribution in [2.45, 2.75) is 13.5 Å². The average Bonchev–Trinajstić information content (AvgIpc) is 2.97. The van der Waals surface area contributed by atoms with Crippen LogP contribution in [0.15, 0.2) is 28.9 Å². The Bertz CT molecular complexity index is 542. The van der Waals surface area contributed by atoms with Gasteiger partial charge in [0.2, 0.25) is 5.91 Å². The molecule has 0 spiro atoms. The minimum absolute atomic E-state index is 0.131. The third-order valence-electron chi connectivity index (χ3n) is 2.33. The summed E-state index contributed by atoms with van der Waals surface area (Å²) in [7, 11) is 1.69. The van der Waals surface area contributed by atoms with E-state index >= 15 is 0 Å². The van der Waals surface area contributed by atoms with Gasteiger partial charge in [0.1, 0.15) is 11.6 Å². The number of hydrogen-bond donors (Lipinski definition) is 1. The largest absolute Gasteiger partial charge is 0.465 e. The summed E-state index contributed by atoms with van der Waals surface area (Å²) in [5, 5.41) is 6.71. The van der Waals surface area contributed by atoms with Crippen LogP contribution in [0.2, 0.25) is 0 Å². The quantitative estimate of drug-likeness (QED) is 0.827. The van der Waals surface area contributed by atoms with Crippen molar-refractivity contribution in [2.24, 2.45) is 0 Å². The number of aryl methyl sites for hydroxylation is 1. The fourth-order valence-electron chi connectivity index (χ4n) is 1.42. The number of rotatable bonds is 4. The molecule has 0 saturated carbocycles. The molecule has 18 heavy (non-hydrogen) atoms. The van der Waals surface area contributed by atoms with Crippen molar-refractivity contribution < 1.29 is 9.21 Å². The Morgan fingerprint density at radius 1 is 1.61 bits per heavy atom. The molecule has 0 radical (unpaired) electrons. The van der Waals surface area contributed by atoms with Gasteiger partial charge in [-0.05, 0) is 25.1 Å². The number of carbonyl (C=O) groups excluding carboxylic acids is 1. The van der Waals surface area contributed by atoms with Crippen LogP contribution in [0.4, 0.5) is 0 Å². The van der Waals surface area contributed by atoms with E-state index in [2.05, 4.69) is 15.2 Å². The second kappa shape index (κ2) is 5.31. The number of aromatic nitrogens is 3. The minimum atomic E-state index is -0.131. The van der Waals surface area contributed by atoms with Crippen LogP contribution in [0.5, 0.6) is 0 Å². The molecule has 1 amide bonds. The van der Waals surface area contributed by atoms with Gasteiger partial charge in [-0.2, -0.15) is 5.10 Å². The van der Waals surface area contributed by atoms with Gasteiger partial charge in [-0.1, -0.05) is 0 Å².